The molecule has 34 heavy (non-hydrogen) atoms. The second-order valence-electron chi connectivity index (χ2n) is 8.37. The van der Waals surface area contributed by atoms with E-state index in [-0.39, 0.29) is 29.6 Å². The molecule has 11 heteroatoms. The van der Waals surface area contributed by atoms with E-state index < -0.39 is 23.8 Å². The monoisotopic (exact) mass is 473 g/mol. The Bertz CT molecular complexity index is 1190. The number of piperidine rings is 2. The Hall–Kier alpha value is -3.63. The Kier molecular flexibility index (Phi) is 5.62. The number of hydrogen-bond acceptors (Lipinski definition) is 6. The summed E-state index contributed by atoms with van der Waals surface area (Å²) in [6.07, 6.45) is 0.969. The standard InChI is InChI=1S/C23H19F4N5O2/c24-14-8-30-21(31-9-14)15-3-1-2-4-16(15)22(33)32-12-13-5-6-17(32)18(7-13)34-20-11-28-19(10-29-20)23(25,26)27/h1-4,8-11,13,17-18H,5-7,12H2/t13-,17+,18-/m1/s1. The van der Waals surface area contributed by atoms with Crippen LogP contribution in [-0.2, 0) is 6.18 Å². The van der Waals surface area contributed by atoms with Gasteiger partial charge in [0, 0.05) is 12.1 Å². The summed E-state index contributed by atoms with van der Waals surface area (Å²) in [5, 5.41) is 0. The Morgan fingerprint density at radius 2 is 1.76 bits per heavy atom. The van der Waals surface area contributed by atoms with Gasteiger partial charge < -0.3 is 9.64 Å². The lowest BCUT2D eigenvalue weighted by Gasteiger charge is -2.49. The molecule has 2 aromatic heterocycles. The van der Waals surface area contributed by atoms with E-state index in [9.17, 15) is 22.4 Å². The normalized spacial score (nSPS) is 22.0. The molecule has 1 aromatic carbocycles. The zero-order valence-corrected chi connectivity index (χ0v) is 17.7. The molecule has 3 atom stereocenters. The topological polar surface area (TPSA) is 81.1 Å². The minimum atomic E-state index is -4.58. The molecule has 176 valence electrons. The third-order valence-electron chi connectivity index (χ3n) is 6.19. The molecule has 3 aromatic rings. The van der Waals surface area contributed by atoms with Crippen molar-refractivity contribution in [3.05, 3.63) is 66.1 Å². The third kappa shape index (κ3) is 4.29. The average molecular weight is 473 g/mol. The van der Waals surface area contributed by atoms with Crippen molar-refractivity contribution in [1.29, 1.82) is 0 Å². The molecule has 0 unspecified atom stereocenters. The van der Waals surface area contributed by atoms with Crippen LogP contribution in [-0.4, -0.2) is 49.4 Å². The van der Waals surface area contributed by atoms with E-state index in [1.165, 1.54) is 0 Å². The summed E-state index contributed by atoms with van der Waals surface area (Å²) in [5.41, 5.74) is -0.226. The van der Waals surface area contributed by atoms with Gasteiger partial charge in [0.15, 0.2) is 17.3 Å². The number of aromatic nitrogens is 4. The van der Waals surface area contributed by atoms with Crippen LogP contribution in [0.5, 0.6) is 5.88 Å². The van der Waals surface area contributed by atoms with Crippen molar-refractivity contribution in [3.63, 3.8) is 0 Å². The maximum Gasteiger partial charge on any atom is 0.434 e. The van der Waals surface area contributed by atoms with Crippen molar-refractivity contribution in [3.8, 4) is 17.3 Å². The van der Waals surface area contributed by atoms with Crippen molar-refractivity contribution in [2.75, 3.05) is 6.54 Å². The van der Waals surface area contributed by atoms with E-state index in [2.05, 4.69) is 19.9 Å². The summed E-state index contributed by atoms with van der Waals surface area (Å²) in [7, 11) is 0. The first-order chi connectivity index (χ1) is 16.3. The summed E-state index contributed by atoms with van der Waals surface area (Å²) in [5.74, 6) is -0.397. The summed E-state index contributed by atoms with van der Waals surface area (Å²) in [6, 6.07) is 6.58. The van der Waals surface area contributed by atoms with Gasteiger partial charge in [-0.2, -0.15) is 13.2 Å². The van der Waals surface area contributed by atoms with E-state index in [0.29, 0.717) is 36.7 Å². The van der Waals surface area contributed by atoms with Crippen molar-refractivity contribution in [1.82, 2.24) is 24.8 Å². The van der Waals surface area contributed by atoms with Crippen LogP contribution in [0.1, 0.15) is 35.3 Å². The molecule has 7 nitrogen and oxygen atoms in total. The zero-order chi connectivity index (χ0) is 23.9. The lowest BCUT2D eigenvalue weighted by molar-refractivity contribution is -0.141. The SMILES string of the molecule is O=C(c1ccccc1-c1ncc(F)cn1)N1C[C@@H]2CC[C@H]1[C@H](Oc1cnc(C(F)(F)F)cn1)C2. The van der Waals surface area contributed by atoms with E-state index in [1.807, 2.05) is 0 Å². The number of carbonyl (C=O) groups excluding carboxylic acids is 1. The van der Waals surface area contributed by atoms with Gasteiger partial charge in [0.25, 0.3) is 5.91 Å². The van der Waals surface area contributed by atoms with Crippen LogP contribution in [0.4, 0.5) is 17.6 Å². The molecule has 6 rings (SSSR count). The largest absolute Gasteiger partial charge is 0.471 e. The van der Waals surface area contributed by atoms with Crippen molar-refractivity contribution in [2.45, 2.75) is 37.6 Å². The first kappa shape index (κ1) is 22.2. The van der Waals surface area contributed by atoms with E-state index in [1.54, 1.807) is 29.2 Å². The maximum absolute atomic E-state index is 13.6. The second-order valence-corrected chi connectivity index (χ2v) is 8.37. The van der Waals surface area contributed by atoms with Crippen LogP contribution in [0, 0.1) is 11.7 Å². The van der Waals surface area contributed by atoms with Gasteiger partial charge in [-0.15, -0.1) is 0 Å². The quantitative estimate of drug-likeness (QED) is 0.530. The lowest BCUT2D eigenvalue weighted by Crippen LogP contribution is -2.59. The van der Waals surface area contributed by atoms with Crippen molar-refractivity contribution in [2.24, 2.45) is 5.92 Å². The van der Waals surface area contributed by atoms with Gasteiger partial charge in [-0.05, 0) is 31.2 Å². The lowest BCUT2D eigenvalue weighted by atomic mass is 9.77. The Morgan fingerprint density at radius 3 is 2.44 bits per heavy atom. The molecule has 1 amide bonds. The molecule has 3 aliphatic rings. The molecule has 0 N–H and O–H groups in total. The van der Waals surface area contributed by atoms with Gasteiger partial charge in [0.05, 0.1) is 36.4 Å². The fraction of sp³-hybridized carbons (Fsp3) is 0.348. The first-order valence-electron chi connectivity index (χ1n) is 10.7. The minimum absolute atomic E-state index is 0.0157. The highest BCUT2D eigenvalue weighted by molar-refractivity contribution is 6.00. The van der Waals surface area contributed by atoms with Crippen LogP contribution in [0.15, 0.2) is 49.1 Å². The van der Waals surface area contributed by atoms with E-state index in [4.69, 9.17) is 4.74 Å². The van der Waals surface area contributed by atoms with Gasteiger partial charge in [-0.1, -0.05) is 18.2 Å². The van der Waals surface area contributed by atoms with Gasteiger partial charge >= 0.3 is 6.18 Å². The number of hydrogen-bond donors (Lipinski definition) is 0. The van der Waals surface area contributed by atoms with Crippen molar-refractivity contribution >= 4 is 5.91 Å². The first-order valence-corrected chi connectivity index (χ1v) is 10.7. The number of carbonyl (C=O) groups is 1. The second kappa shape index (κ2) is 8.62. The van der Waals surface area contributed by atoms with Crippen LogP contribution in [0.2, 0.25) is 0 Å². The van der Waals surface area contributed by atoms with Gasteiger partial charge in [0.1, 0.15) is 6.10 Å². The highest BCUT2D eigenvalue weighted by atomic mass is 19.4. The number of amides is 1. The highest BCUT2D eigenvalue weighted by Crippen LogP contribution is 2.38. The summed E-state index contributed by atoms with van der Waals surface area (Å²) in [4.78, 5) is 30.5. The Labute approximate surface area is 191 Å². The molecule has 4 heterocycles. The molecule has 1 saturated carbocycles. The molecule has 1 aliphatic carbocycles. The number of fused-ring (bicyclic) bond motifs is 3. The highest BCUT2D eigenvalue weighted by Gasteiger charge is 2.45. The van der Waals surface area contributed by atoms with Crippen LogP contribution in [0.25, 0.3) is 11.4 Å². The van der Waals surface area contributed by atoms with Crippen LogP contribution >= 0.6 is 0 Å². The summed E-state index contributed by atoms with van der Waals surface area (Å²) < 4.78 is 57.5. The zero-order valence-electron chi connectivity index (χ0n) is 17.7. The number of rotatable bonds is 4. The van der Waals surface area contributed by atoms with Crippen LogP contribution in [0.3, 0.4) is 0 Å². The fourth-order valence-corrected chi connectivity index (χ4v) is 4.64. The van der Waals surface area contributed by atoms with Crippen LogP contribution < -0.4 is 4.74 Å². The predicted molar refractivity (Wildman–Crippen MR) is 111 cm³/mol. The number of alkyl halides is 3. The van der Waals surface area contributed by atoms with Crippen molar-refractivity contribution < 1.29 is 27.1 Å². The molecule has 2 aliphatic heterocycles. The minimum Gasteiger partial charge on any atom is -0.471 e. The average Bonchev–Trinajstić information content (AvgIpc) is 2.84. The molecule has 2 saturated heterocycles. The predicted octanol–water partition coefficient (Wildman–Crippen LogP) is 4.16. The molecular formula is C23H19F4N5O2. The summed E-state index contributed by atoms with van der Waals surface area (Å²) in [6.45, 7) is 0.542. The van der Waals surface area contributed by atoms with E-state index in [0.717, 1.165) is 25.0 Å². The smallest absolute Gasteiger partial charge is 0.434 e. The van der Waals surface area contributed by atoms with Gasteiger partial charge in [-0.25, -0.2) is 24.3 Å². The molecule has 0 spiro atoms. The molecule has 0 radical (unpaired) electrons. The van der Waals surface area contributed by atoms with Gasteiger partial charge in [-0.3, -0.25) is 4.79 Å². The van der Waals surface area contributed by atoms with Gasteiger partial charge in [0.2, 0.25) is 5.88 Å². The summed E-state index contributed by atoms with van der Waals surface area (Å²) >= 11 is 0. The van der Waals surface area contributed by atoms with E-state index >= 15 is 0 Å². The molecular weight excluding hydrogens is 454 g/mol. The molecule has 2 bridgehead atoms. The maximum atomic E-state index is 13.6. The Morgan fingerprint density at radius 1 is 1.00 bits per heavy atom. The fourth-order valence-electron chi connectivity index (χ4n) is 4.64. The number of benzene rings is 1. The number of ether oxygens (including phenoxy) is 1. The third-order valence-corrected chi connectivity index (χ3v) is 6.19. The Balaban J connectivity index is 1.38. The number of halogens is 4. The molecule has 3 fully saturated rings. The number of nitrogens with zero attached hydrogens (tertiary/aromatic N) is 5.